The van der Waals surface area contributed by atoms with Crippen LogP contribution in [0.15, 0.2) is 53.5 Å². The van der Waals surface area contributed by atoms with Crippen LogP contribution in [0.5, 0.6) is 5.75 Å². The third-order valence-corrected chi connectivity index (χ3v) is 5.94. The summed E-state index contributed by atoms with van der Waals surface area (Å²) >= 11 is 0. The molecule has 2 aromatic rings. The predicted octanol–water partition coefficient (Wildman–Crippen LogP) is 5.75. The number of guanidine groups is 1. The van der Waals surface area contributed by atoms with Gasteiger partial charge in [0.15, 0.2) is 0 Å². The molecular formula is C22H26F3N3O. The van der Waals surface area contributed by atoms with E-state index in [0.717, 1.165) is 0 Å². The molecule has 0 saturated carbocycles. The molecule has 0 spiro atoms. The Balaban J connectivity index is 2.32. The lowest BCUT2D eigenvalue weighted by atomic mass is 9.80. The normalized spacial score (nSPS) is 19.2. The Morgan fingerprint density at radius 3 is 2.07 bits per heavy atom. The molecule has 0 N–H and O–H groups in total. The second kappa shape index (κ2) is 7.71. The van der Waals surface area contributed by atoms with Crippen molar-refractivity contribution >= 4 is 11.6 Å². The van der Waals surface area contributed by atoms with Crippen LogP contribution in [0.1, 0.15) is 31.9 Å². The summed E-state index contributed by atoms with van der Waals surface area (Å²) in [5.41, 5.74) is -2.12. The Morgan fingerprint density at radius 2 is 1.55 bits per heavy atom. The van der Waals surface area contributed by atoms with Gasteiger partial charge in [0.2, 0.25) is 0 Å². The third kappa shape index (κ3) is 3.27. The van der Waals surface area contributed by atoms with Crippen molar-refractivity contribution in [3.63, 3.8) is 0 Å². The number of methoxy groups -OCH3 is 1. The summed E-state index contributed by atoms with van der Waals surface area (Å²) < 4.78 is 49.9. The average Bonchev–Trinajstić information content (AvgIpc) is 2.74. The van der Waals surface area contributed by atoms with E-state index in [-0.39, 0.29) is 21.6 Å². The molecule has 0 amide bonds. The Labute approximate surface area is 169 Å². The van der Waals surface area contributed by atoms with Crippen molar-refractivity contribution in [2.24, 2.45) is 4.99 Å². The first-order valence-electron chi connectivity index (χ1n) is 9.77. The molecule has 0 unspecified atom stereocenters. The molecule has 0 fully saturated rings. The molecule has 1 heterocycles. The van der Waals surface area contributed by atoms with Crippen LogP contribution >= 0.6 is 0 Å². The number of hydrogen-bond donors (Lipinski definition) is 0. The molecule has 2 aromatic carbocycles. The predicted molar refractivity (Wildman–Crippen MR) is 109 cm³/mol. The SMILES string of the molecule is CC[N+](CC)(CC)C1=Nc2ccccc2[C@](c2ccc(OC)cc2)(C(F)(F)F)[N-]1. The number of aliphatic imine (C=N–C) groups is 1. The summed E-state index contributed by atoms with van der Waals surface area (Å²) in [4.78, 5) is 4.60. The highest BCUT2D eigenvalue weighted by molar-refractivity contribution is 5.95. The van der Waals surface area contributed by atoms with Gasteiger partial charge in [-0.25, -0.2) is 0 Å². The summed E-state index contributed by atoms with van der Waals surface area (Å²) in [5.74, 6) is 0.703. The molecule has 3 rings (SSSR count). The molecule has 4 nitrogen and oxygen atoms in total. The van der Waals surface area contributed by atoms with Crippen LogP contribution in [0.2, 0.25) is 0 Å². The van der Waals surface area contributed by atoms with Crippen molar-refractivity contribution < 1.29 is 22.4 Å². The highest BCUT2D eigenvalue weighted by Crippen LogP contribution is 2.55. The van der Waals surface area contributed by atoms with E-state index in [2.05, 4.69) is 10.3 Å². The number of para-hydroxylation sites is 1. The quantitative estimate of drug-likeness (QED) is 0.583. The Hall–Kier alpha value is -2.54. The van der Waals surface area contributed by atoms with Crippen LogP contribution in [0.3, 0.4) is 0 Å². The number of ether oxygens (including phenoxy) is 1. The van der Waals surface area contributed by atoms with Gasteiger partial charge < -0.3 is 15.0 Å². The van der Waals surface area contributed by atoms with Crippen molar-refractivity contribution in [1.29, 1.82) is 0 Å². The van der Waals surface area contributed by atoms with E-state index < -0.39 is 11.7 Å². The molecule has 29 heavy (non-hydrogen) atoms. The molecule has 1 atom stereocenters. The maximum atomic E-state index is 14.8. The van der Waals surface area contributed by atoms with Crippen molar-refractivity contribution in [2.45, 2.75) is 32.5 Å². The fourth-order valence-corrected chi connectivity index (χ4v) is 3.96. The molecule has 0 radical (unpaired) electrons. The molecule has 156 valence electrons. The number of quaternary nitrogens is 1. The van der Waals surface area contributed by atoms with Crippen molar-refractivity contribution in [2.75, 3.05) is 26.7 Å². The van der Waals surface area contributed by atoms with E-state index in [1.165, 1.54) is 37.4 Å². The summed E-state index contributed by atoms with van der Waals surface area (Å²) in [7, 11) is 1.48. The maximum Gasteiger partial charge on any atom is 0.402 e. The van der Waals surface area contributed by atoms with Crippen molar-refractivity contribution in [3.8, 4) is 5.75 Å². The minimum absolute atomic E-state index is 0.0443. The third-order valence-electron chi connectivity index (χ3n) is 5.94. The number of rotatable bonds is 5. The van der Waals surface area contributed by atoms with Gasteiger partial charge in [-0.15, -0.1) is 0 Å². The number of halogens is 3. The Kier molecular flexibility index (Phi) is 5.63. The van der Waals surface area contributed by atoms with Gasteiger partial charge in [-0.05, 0) is 49.7 Å². The lowest BCUT2D eigenvalue weighted by Gasteiger charge is -2.52. The van der Waals surface area contributed by atoms with Gasteiger partial charge in [0.25, 0.3) is 0 Å². The van der Waals surface area contributed by atoms with Crippen molar-refractivity contribution in [1.82, 2.24) is 0 Å². The Bertz CT molecular complexity index is 881. The van der Waals surface area contributed by atoms with Crippen LogP contribution in [-0.4, -0.2) is 43.4 Å². The van der Waals surface area contributed by atoms with Crippen LogP contribution in [-0.2, 0) is 5.54 Å². The molecule has 0 bridgehead atoms. The van der Waals surface area contributed by atoms with Gasteiger partial charge in [-0.2, -0.15) is 13.2 Å². The van der Waals surface area contributed by atoms with Gasteiger partial charge >= 0.3 is 6.18 Å². The maximum absolute atomic E-state index is 14.8. The molecule has 0 aromatic heterocycles. The molecule has 0 saturated heterocycles. The van der Waals surface area contributed by atoms with Gasteiger partial charge in [0.1, 0.15) is 17.2 Å². The highest BCUT2D eigenvalue weighted by atomic mass is 19.4. The standard InChI is InChI=1S/C22H26F3N3O/c1-5-28(6-2,7-3)20-26-19-11-9-8-10-18(19)21(27-20,22(23,24)25)16-12-14-17(29-4)15-13-16/h8-15H,5-7H2,1-4H3/t21-/m1/s1. The average molecular weight is 405 g/mol. The zero-order valence-corrected chi connectivity index (χ0v) is 17.1. The molecule has 0 aliphatic carbocycles. The fourth-order valence-electron chi connectivity index (χ4n) is 3.96. The number of hydrogen-bond acceptors (Lipinski definition) is 2. The number of nitrogens with zero attached hydrogens (tertiary/aromatic N) is 3. The van der Waals surface area contributed by atoms with E-state index in [1.54, 1.807) is 18.2 Å². The van der Waals surface area contributed by atoms with E-state index in [1.807, 2.05) is 20.8 Å². The van der Waals surface area contributed by atoms with Crippen molar-refractivity contribution in [3.05, 3.63) is 65.0 Å². The van der Waals surface area contributed by atoms with E-state index in [4.69, 9.17) is 4.74 Å². The largest absolute Gasteiger partial charge is 0.497 e. The number of benzene rings is 2. The second-order valence-corrected chi connectivity index (χ2v) is 7.07. The molecule has 1 aliphatic heterocycles. The van der Waals surface area contributed by atoms with Crippen LogP contribution in [0.25, 0.3) is 5.32 Å². The summed E-state index contributed by atoms with van der Waals surface area (Å²) in [6, 6.07) is 12.3. The molecule has 7 heteroatoms. The topological polar surface area (TPSA) is 35.7 Å². The number of alkyl halides is 3. The zero-order valence-electron chi connectivity index (χ0n) is 17.1. The first kappa shape index (κ1) is 21.2. The number of fused-ring (bicyclic) bond motifs is 1. The highest BCUT2D eigenvalue weighted by Gasteiger charge is 2.57. The smallest absolute Gasteiger partial charge is 0.402 e. The first-order chi connectivity index (χ1) is 13.8. The van der Waals surface area contributed by atoms with Crippen LogP contribution in [0, 0.1) is 0 Å². The van der Waals surface area contributed by atoms with E-state index in [9.17, 15) is 13.2 Å². The summed E-state index contributed by atoms with van der Waals surface area (Å²) in [5, 5.41) is 4.39. The first-order valence-corrected chi connectivity index (χ1v) is 9.77. The summed E-state index contributed by atoms with van der Waals surface area (Å²) in [6.07, 6.45) is -4.65. The van der Waals surface area contributed by atoms with Crippen LogP contribution in [0.4, 0.5) is 18.9 Å². The van der Waals surface area contributed by atoms with Gasteiger partial charge in [0, 0.05) is 0 Å². The lowest BCUT2D eigenvalue weighted by Crippen LogP contribution is -2.56. The Morgan fingerprint density at radius 1 is 0.966 bits per heavy atom. The molecular weight excluding hydrogens is 379 g/mol. The minimum Gasteiger partial charge on any atom is -0.497 e. The van der Waals surface area contributed by atoms with Crippen LogP contribution < -0.4 is 4.74 Å². The second-order valence-electron chi connectivity index (χ2n) is 7.07. The molecule has 1 aliphatic rings. The van der Waals surface area contributed by atoms with E-state index in [0.29, 0.717) is 31.1 Å². The monoisotopic (exact) mass is 405 g/mol. The lowest BCUT2D eigenvalue weighted by molar-refractivity contribution is -0.835. The van der Waals surface area contributed by atoms with E-state index >= 15 is 0 Å². The fraction of sp³-hybridized carbons (Fsp3) is 0.409. The van der Waals surface area contributed by atoms with Gasteiger partial charge in [-0.1, -0.05) is 36.4 Å². The summed E-state index contributed by atoms with van der Waals surface area (Å²) in [6.45, 7) is 7.67. The zero-order chi connectivity index (χ0) is 21.3. The van der Waals surface area contributed by atoms with Gasteiger partial charge in [0.05, 0.1) is 26.7 Å². The van der Waals surface area contributed by atoms with Gasteiger partial charge in [-0.3, -0.25) is 4.48 Å². The minimum atomic E-state index is -4.65.